The van der Waals surface area contributed by atoms with E-state index in [1.165, 1.54) is 9.80 Å². The van der Waals surface area contributed by atoms with E-state index >= 15 is 0 Å². The summed E-state index contributed by atoms with van der Waals surface area (Å²) in [5.41, 5.74) is 0.662. The summed E-state index contributed by atoms with van der Waals surface area (Å²) in [6.45, 7) is 1.06. The van der Waals surface area contributed by atoms with E-state index in [1.54, 1.807) is 12.1 Å². The fourth-order valence-corrected chi connectivity index (χ4v) is 3.82. The largest absolute Gasteiger partial charge is 0.396 e. The van der Waals surface area contributed by atoms with Gasteiger partial charge in [0, 0.05) is 13.0 Å². The molecule has 5 nitrogen and oxygen atoms in total. The number of anilines is 1. The lowest BCUT2D eigenvalue weighted by molar-refractivity contribution is -0.945. The molecule has 2 N–H and O–H groups in total. The van der Waals surface area contributed by atoms with Gasteiger partial charge in [-0.1, -0.05) is 18.2 Å². The first-order valence-corrected chi connectivity index (χ1v) is 8.10. The second kappa shape index (κ2) is 6.58. The van der Waals surface area contributed by atoms with E-state index in [0.29, 0.717) is 12.1 Å². The van der Waals surface area contributed by atoms with Crippen LogP contribution in [0.3, 0.4) is 0 Å². The Kier molecular flexibility index (Phi) is 4.55. The second-order valence-electron chi connectivity index (χ2n) is 6.19. The van der Waals surface area contributed by atoms with E-state index in [1.807, 2.05) is 18.2 Å². The molecule has 118 valence electrons. The van der Waals surface area contributed by atoms with Gasteiger partial charge in [0.05, 0.1) is 24.7 Å². The van der Waals surface area contributed by atoms with E-state index in [-0.39, 0.29) is 36.9 Å². The number of benzene rings is 1. The number of rotatable bonds is 4. The van der Waals surface area contributed by atoms with Crippen LogP contribution in [0.4, 0.5) is 5.69 Å². The van der Waals surface area contributed by atoms with Gasteiger partial charge in [0.15, 0.2) is 6.04 Å². The lowest BCUT2D eigenvalue weighted by Crippen LogP contribution is -3.20. The van der Waals surface area contributed by atoms with Crippen LogP contribution in [0, 0.1) is 0 Å². The van der Waals surface area contributed by atoms with Crippen molar-refractivity contribution in [1.82, 2.24) is 0 Å². The molecule has 0 spiro atoms. The summed E-state index contributed by atoms with van der Waals surface area (Å²) < 4.78 is 0. The molecule has 0 saturated carbocycles. The molecular formula is C17H23N2O3+. The van der Waals surface area contributed by atoms with Gasteiger partial charge < -0.3 is 10.0 Å². The Bertz CT molecular complexity index is 544. The van der Waals surface area contributed by atoms with Crippen molar-refractivity contribution < 1.29 is 19.6 Å². The average molecular weight is 303 g/mol. The number of hydrogen-bond acceptors (Lipinski definition) is 3. The number of amides is 2. The summed E-state index contributed by atoms with van der Waals surface area (Å²) in [6, 6.07) is 9.15. The number of piperidine rings is 1. The zero-order valence-corrected chi connectivity index (χ0v) is 12.7. The van der Waals surface area contributed by atoms with Crippen LogP contribution in [0.25, 0.3) is 0 Å². The molecule has 0 aliphatic carbocycles. The normalized spacial score (nSPS) is 29.1. The van der Waals surface area contributed by atoms with Crippen LogP contribution in [0.15, 0.2) is 30.3 Å². The minimum Gasteiger partial charge on any atom is -0.396 e. The topological polar surface area (TPSA) is 62.1 Å². The molecule has 0 bridgehead atoms. The van der Waals surface area contributed by atoms with Gasteiger partial charge in [0.25, 0.3) is 5.91 Å². The Hall–Kier alpha value is -1.72. The van der Waals surface area contributed by atoms with Crippen molar-refractivity contribution in [1.29, 1.82) is 0 Å². The molecule has 1 aromatic carbocycles. The van der Waals surface area contributed by atoms with E-state index in [0.717, 1.165) is 25.8 Å². The number of nitrogens with zero attached hydrogens (tertiary/aromatic N) is 1. The van der Waals surface area contributed by atoms with Crippen molar-refractivity contribution in [2.45, 2.75) is 44.2 Å². The zero-order chi connectivity index (χ0) is 15.5. The number of likely N-dealkylation sites (tertiary alicyclic amines) is 1. The van der Waals surface area contributed by atoms with Crippen LogP contribution < -0.4 is 9.80 Å². The summed E-state index contributed by atoms with van der Waals surface area (Å²) >= 11 is 0. The Balaban J connectivity index is 1.81. The van der Waals surface area contributed by atoms with Gasteiger partial charge in [-0.2, -0.15) is 0 Å². The standard InChI is InChI=1S/C17H22N2O3/c20-11-9-13-6-4-5-10-18(13)15-12-16(21)19(17(15)22)14-7-2-1-3-8-14/h1-3,7-8,13,15,20H,4-6,9-12H2/p+1/t13-,15-/m1/s1. The SMILES string of the molecule is O=C1C[C@@H]([NH+]2CCCC[C@@H]2CCO)C(=O)N1c1ccccc1. The lowest BCUT2D eigenvalue weighted by Gasteiger charge is -2.35. The summed E-state index contributed by atoms with van der Waals surface area (Å²) in [6.07, 6.45) is 4.24. The molecule has 3 atom stereocenters. The number of para-hydroxylation sites is 1. The third-order valence-electron chi connectivity index (χ3n) is 4.88. The number of hydrogen-bond donors (Lipinski definition) is 2. The lowest BCUT2D eigenvalue weighted by atomic mass is 9.97. The van der Waals surface area contributed by atoms with E-state index < -0.39 is 0 Å². The number of aliphatic hydroxyl groups is 1. The third-order valence-corrected chi connectivity index (χ3v) is 4.88. The van der Waals surface area contributed by atoms with Crippen LogP contribution in [-0.4, -0.2) is 42.2 Å². The summed E-state index contributed by atoms with van der Waals surface area (Å²) in [7, 11) is 0. The van der Waals surface area contributed by atoms with Crippen LogP contribution in [-0.2, 0) is 9.59 Å². The first-order chi connectivity index (χ1) is 10.7. The van der Waals surface area contributed by atoms with Gasteiger partial charge in [0.1, 0.15) is 0 Å². The molecule has 2 aliphatic heterocycles. The molecule has 5 heteroatoms. The highest BCUT2D eigenvalue weighted by Crippen LogP contribution is 2.22. The number of imide groups is 1. The second-order valence-corrected chi connectivity index (χ2v) is 6.19. The summed E-state index contributed by atoms with van der Waals surface area (Å²) in [4.78, 5) is 27.7. The number of carbonyl (C=O) groups excluding carboxylic acids is 2. The van der Waals surface area contributed by atoms with Gasteiger partial charge >= 0.3 is 0 Å². The average Bonchev–Trinajstić information content (AvgIpc) is 2.84. The summed E-state index contributed by atoms with van der Waals surface area (Å²) in [5, 5.41) is 9.25. The van der Waals surface area contributed by atoms with Crippen molar-refractivity contribution in [2.75, 3.05) is 18.1 Å². The molecule has 0 aromatic heterocycles. The molecule has 3 rings (SSSR count). The molecule has 2 saturated heterocycles. The van der Waals surface area contributed by atoms with Crippen molar-refractivity contribution >= 4 is 17.5 Å². The molecule has 2 fully saturated rings. The van der Waals surface area contributed by atoms with Gasteiger partial charge in [-0.25, -0.2) is 4.90 Å². The minimum absolute atomic E-state index is 0.0870. The fourth-order valence-electron chi connectivity index (χ4n) is 3.82. The molecule has 1 aromatic rings. The number of aliphatic hydroxyl groups excluding tert-OH is 1. The van der Waals surface area contributed by atoms with Crippen LogP contribution >= 0.6 is 0 Å². The quantitative estimate of drug-likeness (QED) is 0.778. The highest BCUT2D eigenvalue weighted by Gasteiger charge is 2.48. The number of nitrogens with one attached hydrogen (secondary N) is 1. The Labute approximate surface area is 130 Å². The number of quaternary nitrogens is 1. The first-order valence-electron chi connectivity index (χ1n) is 8.10. The van der Waals surface area contributed by atoms with Crippen molar-refractivity contribution in [2.24, 2.45) is 0 Å². The van der Waals surface area contributed by atoms with Crippen LogP contribution in [0.5, 0.6) is 0 Å². The predicted octanol–water partition coefficient (Wildman–Crippen LogP) is 0.138. The summed E-state index contributed by atoms with van der Waals surface area (Å²) in [5.74, 6) is -0.196. The van der Waals surface area contributed by atoms with E-state index in [9.17, 15) is 14.7 Å². The van der Waals surface area contributed by atoms with Crippen molar-refractivity contribution in [3.63, 3.8) is 0 Å². The predicted molar refractivity (Wildman–Crippen MR) is 82.5 cm³/mol. The van der Waals surface area contributed by atoms with Gasteiger partial charge in [-0.05, 0) is 31.4 Å². The molecule has 0 radical (unpaired) electrons. The molecule has 2 aliphatic rings. The van der Waals surface area contributed by atoms with Gasteiger partial charge in [-0.3, -0.25) is 9.59 Å². The molecular weight excluding hydrogens is 280 g/mol. The van der Waals surface area contributed by atoms with Gasteiger partial charge in [-0.15, -0.1) is 0 Å². The number of carbonyl (C=O) groups is 2. The maximum Gasteiger partial charge on any atom is 0.292 e. The Morgan fingerprint density at radius 2 is 1.95 bits per heavy atom. The van der Waals surface area contributed by atoms with Gasteiger partial charge in [0.2, 0.25) is 5.91 Å². The van der Waals surface area contributed by atoms with Crippen LogP contribution in [0.2, 0.25) is 0 Å². The van der Waals surface area contributed by atoms with Crippen molar-refractivity contribution in [3.8, 4) is 0 Å². The Morgan fingerprint density at radius 3 is 2.68 bits per heavy atom. The maximum absolute atomic E-state index is 12.8. The highest BCUT2D eigenvalue weighted by atomic mass is 16.3. The zero-order valence-electron chi connectivity index (χ0n) is 12.7. The van der Waals surface area contributed by atoms with Crippen molar-refractivity contribution in [3.05, 3.63) is 30.3 Å². The smallest absolute Gasteiger partial charge is 0.292 e. The fraction of sp³-hybridized carbons (Fsp3) is 0.529. The third kappa shape index (κ3) is 2.78. The minimum atomic E-state index is -0.287. The molecule has 2 amide bonds. The molecule has 1 unspecified atom stereocenters. The molecule has 22 heavy (non-hydrogen) atoms. The Morgan fingerprint density at radius 1 is 1.18 bits per heavy atom. The van der Waals surface area contributed by atoms with E-state index in [2.05, 4.69) is 0 Å². The van der Waals surface area contributed by atoms with Crippen LogP contribution in [0.1, 0.15) is 32.1 Å². The van der Waals surface area contributed by atoms with E-state index in [4.69, 9.17) is 0 Å². The first kappa shape index (κ1) is 15.2. The highest BCUT2D eigenvalue weighted by molar-refractivity contribution is 6.21. The monoisotopic (exact) mass is 303 g/mol. The maximum atomic E-state index is 12.8. The molecule has 2 heterocycles.